The lowest BCUT2D eigenvalue weighted by Gasteiger charge is -2.22. The molecule has 4 rings (SSSR count). The minimum absolute atomic E-state index is 0.109. The number of nitrogens with one attached hydrogen (secondary N) is 1. The summed E-state index contributed by atoms with van der Waals surface area (Å²) in [5.41, 5.74) is 2.61. The number of nitrogens with zero attached hydrogens (tertiary/aromatic N) is 1. The van der Waals surface area contributed by atoms with Gasteiger partial charge in [-0.3, -0.25) is 9.59 Å². The lowest BCUT2D eigenvalue weighted by atomic mass is 9.85. The van der Waals surface area contributed by atoms with Crippen molar-refractivity contribution >= 4 is 64.0 Å². The third kappa shape index (κ3) is 5.52. The topological polar surface area (TPSA) is 75.7 Å². The summed E-state index contributed by atoms with van der Waals surface area (Å²) in [5.74, 6) is -1.41. The number of benzene rings is 3. The summed E-state index contributed by atoms with van der Waals surface area (Å²) in [5, 5.41) is 3.08. The fraction of sp³-hybridized carbons (Fsp3) is 0.179. The van der Waals surface area contributed by atoms with Crippen molar-refractivity contribution in [3.8, 4) is 5.75 Å². The van der Waals surface area contributed by atoms with Crippen LogP contribution in [0.1, 0.15) is 42.3 Å². The second-order valence-corrected chi connectivity index (χ2v) is 10.8. The molecule has 1 aliphatic heterocycles. The minimum Gasteiger partial charge on any atom is -0.423 e. The molecular formula is C28H23Cl3N2O4. The van der Waals surface area contributed by atoms with Crippen LogP contribution in [0.25, 0.3) is 0 Å². The van der Waals surface area contributed by atoms with Gasteiger partial charge in [0.15, 0.2) is 0 Å². The summed E-state index contributed by atoms with van der Waals surface area (Å²) >= 11 is 18.3. The highest BCUT2D eigenvalue weighted by molar-refractivity contribution is 6.53. The summed E-state index contributed by atoms with van der Waals surface area (Å²) in [4.78, 5) is 39.4. The maximum atomic E-state index is 13.0. The number of carbonyl (C=O) groups excluding carboxylic acids is 3. The molecule has 0 bridgehead atoms. The van der Waals surface area contributed by atoms with E-state index in [0.717, 1.165) is 16.0 Å². The Balaban J connectivity index is 1.51. The zero-order valence-corrected chi connectivity index (χ0v) is 22.8. The SMILES string of the molecule is Cc1ccc(OC(=O)c2ccc(NC3=C(Cl)C(=O)N(c4ccc(Cl)cc4Cl)C3=O)cc2)c(C(C)(C)C)c1. The number of ether oxygens (including phenoxy) is 1. The van der Waals surface area contributed by atoms with Crippen LogP contribution < -0.4 is 15.0 Å². The average molecular weight is 558 g/mol. The van der Waals surface area contributed by atoms with Gasteiger partial charge in [0.25, 0.3) is 11.8 Å². The Kier molecular flexibility index (Phi) is 7.38. The number of aryl methyl sites for hydroxylation is 1. The van der Waals surface area contributed by atoms with Crippen molar-refractivity contribution in [1.29, 1.82) is 0 Å². The molecule has 1 N–H and O–H groups in total. The second kappa shape index (κ2) is 10.2. The van der Waals surface area contributed by atoms with Crippen LogP contribution in [0.4, 0.5) is 11.4 Å². The van der Waals surface area contributed by atoms with Crippen molar-refractivity contribution in [3.63, 3.8) is 0 Å². The van der Waals surface area contributed by atoms with E-state index in [0.29, 0.717) is 22.0 Å². The van der Waals surface area contributed by atoms with E-state index in [9.17, 15) is 14.4 Å². The third-order valence-electron chi connectivity index (χ3n) is 5.71. The van der Waals surface area contributed by atoms with Gasteiger partial charge in [-0.05, 0) is 60.9 Å². The maximum absolute atomic E-state index is 13.0. The van der Waals surface area contributed by atoms with Crippen molar-refractivity contribution in [2.24, 2.45) is 0 Å². The summed E-state index contributed by atoms with van der Waals surface area (Å²) < 4.78 is 5.70. The number of imide groups is 1. The van der Waals surface area contributed by atoms with Crippen LogP contribution in [-0.2, 0) is 15.0 Å². The third-order valence-corrected chi connectivity index (χ3v) is 6.60. The van der Waals surface area contributed by atoms with Gasteiger partial charge >= 0.3 is 5.97 Å². The predicted molar refractivity (Wildman–Crippen MR) is 147 cm³/mol. The first-order valence-corrected chi connectivity index (χ1v) is 12.4. The molecule has 2 amide bonds. The second-order valence-electron chi connectivity index (χ2n) is 9.57. The van der Waals surface area contributed by atoms with Gasteiger partial charge in [-0.2, -0.15) is 0 Å². The van der Waals surface area contributed by atoms with E-state index in [2.05, 4.69) is 26.1 Å². The highest BCUT2D eigenvalue weighted by Gasteiger charge is 2.39. The Morgan fingerprint density at radius 2 is 1.57 bits per heavy atom. The first-order chi connectivity index (χ1) is 17.4. The van der Waals surface area contributed by atoms with Crippen molar-refractivity contribution in [2.45, 2.75) is 33.1 Å². The number of hydrogen-bond donors (Lipinski definition) is 1. The molecule has 0 saturated carbocycles. The molecule has 190 valence electrons. The molecule has 37 heavy (non-hydrogen) atoms. The number of hydrogen-bond acceptors (Lipinski definition) is 5. The molecule has 3 aromatic rings. The zero-order chi connectivity index (χ0) is 27.1. The summed E-state index contributed by atoms with van der Waals surface area (Å²) in [6.45, 7) is 8.14. The Labute approximate surface area is 229 Å². The molecular weight excluding hydrogens is 535 g/mol. The monoisotopic (exact) mass is 556 g/mol. The molecule has 6 nitrogen and oxygen atoms in total. The number of anilines is 2. The summed E-state index contributed by atoms with van der Waals surface area (Å²) in [6, 6.07) is 16.4. The Hall–Kier alpha value is -3.32. The van der Waals surface area contributed by atoms with Gasteiger partial charge in [-0.25, -0.2) is 9.69 Å². The highest BCUT2D eigenvalue weighted by atomic mass is 35.5. The number of carbonyl (C=O) groups is 3. The van der Waals surface area contributed by atoms with Gasteiger partial charge in [-0.1, -0.05) is 73.3 Å². The maximum Gasteiger partial charge on any atom is 0.343 e. The van der Waals surface area contributed by atoms with E-state index < -0.39 is 17.8 Å². The van der Waals surface area contributed by atoms with Crippen molar-refractivity contribution in [3.05, 3.63) is 98.1 Å². The summed E-state index contributed by atoms with van der Waals surface area (Å²) in [6.07, 6.45) is 0. The predicted octanol–water partition coefficient (Wildman–Crippen LogP) is 7.25. The standard InChI is InChI=1S/C28H23Cl3N2O4/c1-15-5-12-22(19(13-15)28(2,3)4)37-27(36)16-6-9-18(10-7-16)32-24-23(31)25(34)33(26(24)35)21-11-8-17(29)14-20(21)30/h5-14,32H,1-4H3. The molecule has 0 spiro atoms. The van der Waals surface area contributed by atoms with Crippen LogP contribution in [-0.4, -0.2) is 17.8 Å². The van der Waals surface area contributed by atoms with E-state index in [1.807, 2.05) is 19.1 Å². The normalized spacial score (nSPS) is 13.9. The van der Waals surface area contributed by atoms with Crippen LogP contribution in [0, 0.1) is 6.92 Å². The van der Waals surface area contributed by atoms with E-state index in [-0.39, 0.29) is 26.9 Å². The Morgan fingerprint density at radius 1 is 0.892 bits per heavy atom. The van der Waals surface area contributed by atoms with Crippen LogP contribution in [0.3, 0.4) is 0 Å². The van der Waals surface area contributed by atoms with Gasteiger partial charge in [-0.15, -0.1) is 0 Å². The van der Waals surface area contributed by atoms with Gasteiger partial charge in [0.2, 0.25) is 0 Å². The largest absolute Gasteiger partial charge is 0.423 e. The van der Waals surface area contributed by atoms with Crippen LogP contribution in [0.2, 0.25) is 10.0 Å². The minimum atomic E-state index is -0.716. The lowest BCUT2D eigenvalue weighted by Crippen LogP contribution is -2.32. The van der Waals surface area contributed by atoms with E-state index in [1.165, 1.54) is 18.2 Å². The molecule has 0 atom stereocenters. The number of esters is 1. The van der Waals surface area contributed by atoms with Crippen LogP contribution in [0.15, 0.2) is 71.4 Å². The molecule has 1 heterocycles. The van der Waals surface area contributed by atoms with E-state index >= 15 is 0 Å². The first-order valence-electron chi connectivity index (χ1n) is 11.3. The van der Waals surface area contributed by atoms with Crippen molar-refractivity contribution in [1.82, 2.24) is 0 Å². The molecule has 0 radical (unpaired) electrons. The average Bonchev–Trinajstić information content (AvgIpc) is 3.03. The molecule has 1 aliphatic rings. The van der Waals surface area contributed by atoms with E-state index in [4.69, 9.17) is 39.5 Å². The Morgan fingerprint density at radius 3 is 2.19 bits per heavy atom. The van der Waals surface area contributed by atoms with Gasteiger partial charge in [0.1, 0.15) is 16.5 Å². The molecule has 9 heteroatoms. The molecule has 0 unspecified atom stereocenters. The van der Waals surface area contributed by atoms with Crippen molar-refractivity contribution < 1.29 is 19.1 Å². The van der Waals surface area contributed by atoms with Gasteiger partial charge in [0, 0.05) is 16.3 Å². The van der Waals surface area contributed by atoms with E-state index in [1.54, 1.807) is 30.3 Å². The molecule has 0 aromatic heterocycles. The Bertz CT molecular complexity index is 1460. The number of halogens is 3. The molecule has 0 saturated heterocycles. The first kappa shape index (κ1) is 26.7. The smallest absolute Gasteiger partial charge is 0.343 e. The molecule has 0 aliphatic carbocycles. The highest BCUT2D eigenvalue weighted by Crippen LogP contribution is 2.36. The fourth-order valence-electron chi connectivity index (χ4n) is 3.80. The number of rotatable bonds is 5. The quantitative estimate of drug-likeness (QED) is 0.203. The molecule has 0 fully saturated rings. The van der Waals surface area contributed by atoms with Gasteiger partial charge < -0.3 is 10.1 Å². The lowest BCUT2D eigenvalue weighted by molar-refractivity contribution is -0.120. The zero-order valence-electron chi connectivity index (χ0n) is 20.5. The van der Waals surface area contributed by atoms with Gasteiger partial charge in [0.05, 0.1) is 16.3 Å². The summed E-state index contributed by atoms with van der Waals surface area (Å²) in [7, 11) is 0. The molecule has 3 aromatic carbocycles. The fourth-order valence-corrected chi connectivity index (χ4v) is 4.51. The van der Waals surface area contributed by atoms with Crippen molar-refractivity contribution in [2.75, 3.05) is 10.2 Å². The number of amides is 2. The van der Waals surface area contributed by atoms with Crippen LogP contribution in [0.5, 0.6) is 5.75 Å². The van der Waals surface area contributed by atoms with Crippen LogP contribution >= 0.6 is 34.8 Å².